The van der Waals surface area contributed by atoms with E-state index >= 15 is 0 Å². The summed E-state index contributed by atoms with van der Waals surface area (Å²) in [6.07, 6.45) is 3.65. The van der Waals surface area contributed by atoms with E-state index in [1.807, 2.05) is 49.5 Å². The van der Waals surface area contributed by atoms with Crippen molar-refractivity contribution in [1.29, 1.82) is 0 Å². The Morgan fingerprint density at radius 3 is 2.89 bits per heavy atom. The Labute approximate surface area is 214 Å². The molecule has 0 radical (unpaired) electrons. The summed E-state index contributed by atoms with van der Waals surface area (Å²) in [6.45, 7) is 3.87. The fourth-order valence-electron chi connectivity index (χ4n) is 4.71. The summed E-state index contributed by atoms with van der Waals surface area (Å²) in [7, 11) is 0. The van der Waals surface area contributed by atoms with E-state index in [9.17, 15) is 4.79 Å². The number of hydrogen-bond donors (Lipinski definition) is 2. The van der Waals surface area contributed by atoms with Gasteiger partial charge in [-0.1, -0.05) is 48.5 Å². The van der Waals surface area contributed by atoms with Crippen molar-refractivity contribution < 1.29 is 14.3 Å². The Morgan fingerprint density at radius 1 is 1.05 bits per heavy atom. The molecule has 5 aromatic rings. The summed E-state index contributed by atoms with van der Waals surface area (Å²) in [5.74, 6) is 1.05. The van der Waals surface area contributed by atoms with Gasteiger partial charge < -0.3 is 20.1 Å². The molecule has 3 heterocycles. The van der Waals surface area contributed by atoms with Crippen LogP contribution in [0.4, 0.5) is 5.82 Å². The molecule has 2 aromatic heterocycles. The van der Waals surface area contributed by atoms with Crippen LogP contribution in [-0.2, 0) is 4.74 Å². The topological polar surface area (TPSA) is 89.8 Å². The number of fused-ring (bicyclic) bond motifs is 5. The third-order valence-corrected chi connectivity index (χ3v) is 6.58. The first-order valence-corrected chi connectivity index (χ1v) is 12.4. The van der Waals surface area contributed by atoms with Gasteiger partial charge in [-0.2, -0.15) is 5.10 Å². The van der Waals surface area contributed by atoms with Crippen molar-refractivity contribution in [2.45, 2.75) is 13.0 Å². The third-order valence-electron chi connectivity index (χ3n) is 6.58. The van der Waals surface area contributed by atoms with Gasteiger partial charge in [0.05, 0.1) is 31.0 Å². The Kier molecular flexibility index (Phi) is 6.16. The fourth-order valence-corrected chi connectivity index (χ4v) is 4.71. The molecule has 0 saturated carbocycles. The highest BCUT2D eigenvalue weighted by Gasteiger charge is 2.19. The minimum Gasteiger partial charge on any atom is -0.490 e. The second-order valence-corrected chi connectivity index (χ2v) is 9.00. The number of aromatic nitrogens is 3. The highest BCUT2D eigenvalue weighted by molar-refractivity contribution is 5.98. The van der Waals surface area contributed by atoms with Crippen LogP contribution in [0.15, 0.2) is 79.1 Å². The standard InChI is InChI=1S/C29H27N5O3/c1-19(22-8-4-6-20-5-2-3-7-23(20)22)32-29(35)24-10-9-21-17-26(24)37-16-15-36-14-12-30-27-11-13-34-28(33-27)25(21)18-31-34/h2-11,13,17-19H,12,14-16H2,1H3,(H,30,33)(H,32,35). The molecule has 8 nitrogen and oxygen atoms in total. The van der Waals surface area contributed by atoms with E-state index in [1.54, 1.807) is 16.8 Å². The monoisotopic (exact) mass is 493 g/mol. The largest absolute Gasteiger partial charge is 0.490 e. The molecule has 2 N–H and O–H groups in total. The molecule has 1 atom stereocenters. The summed E-state index contributed by atoms with van der Waals surface area (Å²) in [5.41, 5.74) is 3.98. The molecule has 0 fully saturated rings. The lowest BCUT2D eigenvalue weighted by molar-refractivity contribution is 0.0922. The SMILES string of the molecule is CC(NC(=O)c1ccc2cc1OCCOCCNc1ccn3ncc-2c3n1)c1cccc2ccccc12. The van der Waals surface area contributed by atoms with Gasteiger partial charge in [0.25, 0.3) is 5.91 Å². The van der Waals surface area contributed by atoms with E-state index < -0.39 is 0 Å². The van der Waals surface area contributed by atoms with Gasteiger partial charge in [0.1, 0.15) is 18.2 Å². The number of amides is 1. The number of nitrogens with zero attached hydrogens (tertiary/aromatic N) is 3. The first-order valence-electron chi connectivity index (χ1n) is 12.4. The van der Waals surface area contributed by atoms with Crippen molar-refractivity contribution in [1.82, 2.24) is 19.9 Å². The number of rotatable bonds is 3. The van der Waals surface area contributed by atoms with Crippen molar-refractivity contribution in [3.63, 3.8) is 0 Å². The van der Waals surface area contributed by atoms with Crippen LogP contribution < -0.4 is 15.4 Å². The van der Waals surface area contributed by atoms with Crippen LogP contribution in [0.25, 0.3) is 27.5 Å². The van der Waals surface area contributed by atoms with Crippen molar-refractivity contribution in [3.8, 4) is 16.9 Å². The summed E-state index contributed by atoms with van der Waals surface area (Å²) >= 11 is 0. The highest BCUT2D eigenvalue weighted by Crippen LogP contribution is 2.31. The van der Waals surface area contributed by atoms with Gasteiger partial charge in [-0.3, -0.25) is 4.79 Å². The van der Waals surface area contributed by atoms with Gasteiger partial charge in [0, 0.05) is 18.3 Å². The van der Waals surface area contributed by atoms with Gasteiger partial charge in [-0.05, 0) is 47.0 Å². The van der Waals surface area contributed by atoms with Crippen LogP contribution >= 0.6 is 0 Å². The second-order valence-electron chi connectivity index (χ2n) is 9.00. The molecule has 0 spiro atoms. The molecule has 6 rings (SSSR count). The quantitative estimate of drug-likeness (QED) is 0.373. The molecule has 1 amide bonds. The molecule has 8 heteroatoms. The number of anilines is 1. The van der Waals surface area contributed by atoms with Crippen molar-refractivity contribution in [2.24, 2.45) is 0 Å². The van der Waals surface area contributed by atoms with Gasteiger partial charge >= 0.3 is 0 Å². The summed E-state index contributed by atoms with van der Waals surface area (Å²) in [5, 5.41) is 13.1. The minimum absolute atomic E-state index is 0.193. The van der Waals surface area contributed by atoms with Gasteiger partial charge in [-0.15, -0.1) is 0 Å². The maximum absolute atomic E-state index is 13.5. The number of nitrogens with one attached hydrogen (secondary N) is 2. The van der Waals surface area contributed by atoms with Crippen molar-refractivity contribution in [3.05, 3.63) is 90.3 Å². The van der Waals surface area contributed by atoms with E-state index in [2.05, 4.69) is 40.0 Å². The third kappa shape index (κ3) is 4.59. The average molecular weight is 494 g/mol. The van der Waals surface area contributed by atoms with E-state index in [0.29, 0.717) is 37.7 Å². The van der Waals surface area contributed by atoms with Crippen molar-refractivity contribution in [2.75, 3.05) is 31.7 Å². The molecular weight excluding hydrogens is 466 g/mol. The molecule has 3 aromatic carbocycles. The van der Waals surface area contributed by atoms with Crippen LogP contribution in [0.5, 0.6) is 5.75 Å². The maximum Gasteiger partial charge on any atom is 0.255 e. The summed E-state index contributed by atoms with van der Waals surface area (Å²) in [6, 6.07) is 21.6. The molecule has 1 aliphatic rings. The predicted molar refractivity (Wildman–Crippen MR) is 143 cm³/mol. The zero-order valence-electron chi connectivity index (χ0n) is 20.5. The molecule has 1 aliphatic heterocycles. The van der Waals surface area contributed by atoms with Crippen LogP contribution in [-0.4, -0.2) is 46.9 Å². The summed E-state index contributed by atoms with van der Waals surface area (Å²) < 4.78 is 13.5. The Hall–Kier alpha value is -4.43. The lowest BCUT2D eigenvalue weighted by Crippen LogP contribution is -2.27. The first-order chi connectivity index (χ1) is 18.2. The average Bonchev–Trinajstić information content (AvgIpc) is 3.35. The van der Waals surface area contributed by atoms with E-state index in [0.717, 1.165) is 38.9 Å². The number of ether oxygens (including phenoxy) is 2. The van der Waals surface area contributed by atoms with Gasteiger partial charge in [0.15, 0.2) is 5.65 Å². The molecule has 37 heavy (non-hydrogen) atoms. The van der Waals surface area contributed by atoms with Crippen LogP contribution in [0.2, 0.25) is 0 Å². The molecular formula is C29H27N5O3. The number of carbonyl (C=O) groups excluding carboxylic acids is 1. The number of benzene rings is 3. The molecule has 0 saturated heterocycles. The minimum atomic E-state index is -0.200. The maximum atomic E-state index is 13.5. The second kappa shape index (κ2) is 9.91. The Balaban J connectivity index is 1.34. The summed E-state index contributed by atoms with van der Waals surface area (Å²) in [4.78, 5) is 18.2. The zero-order chi connectivity index (χ0) is 25.2. The van der Waals surface area contributed by atoms with Crippen molar-refractivity contribution >= 4 is 28.1 Å². The zero-order valence-corrected chi connectivity index (χ0v) is 20.5. The smallest absolute Gasteiger partial charge is 0.255 e. The van der Waals surface area contributed by atoms with Crippen LogP contribution in [0, 0.1) is 0 Å². The fraction of sp³-hybridized carbons (Fsp3) is 0.207. The predicted octanol–water partition coefficient (Wildman–Crippen LogP) is 4.86. The van der Waals surface area contributed by atoms with Gasteiger partial charge in [0.2, 0.25) is 0 Å². The molecule has 0 aliphatic carbocycles. The number of hydrogen-bond acceptors (Lipinski definition) is 6. The molecule has 4 bridgehead atoms. The highest BCUT2D eigenvalue weighted by atomic mass is 16.5. The normalized spacial score (nSPS) is 14.5. The Bertz CT molecular complexity index is 1590. The van der Waals surface area contributed by atoms with E-state index in [-0.39, 0.29) is 11.9 Å². The first kappa shape index (κ1) is 23.0. The molecule has 186 valence electrons. The van der Waals surface area contributed by atoms with Crippen LogP contribution in [0.1, 0.15) is 28.9 Å². The van der Waals surface area contributed by atoms with E-state index in [1.165, 1.54) is 0 Å². The van der Waals surface area contributed by atoms with Crippen LogP contribution in [0.3, 0.4) is 0 Å². The lowest BCUT2D eigenvalue weighted by Gasteiger charge is -2.19. The Morgan fingerprint density at radius 2 is 1.95 bits per heavy atom. The molecule has 1 unspecified atom stereocenters. The number of carbonyl (C=O) groups is 1. The lowest BCUT2D eigenvalue weighted by atomic mass is 9.99. The van der Waals surface area contributed by atoms with E-state index in [4.69, 9.17) is 14.5 Å². The van der Waals surface area contributed by atoms with Gasteiger partial charge in [-0.25, -0.2) is 9.50 Å².